The first-order valence-corrected chi connectivity index (χ1v) is 10.6. The van der Waals surface area contributed by atoms with E-state index in [4.69, 9.17) is 0 Å². The highest BCUT2D eigenvalue weighted by Gasteiger charge is 2.40. The molecule has 1 amide bonds. The normalized spacial score (nSPS) is 18.6. The first-order valence-electron chi connectivity index (χ1n) is 9.17. The number of nitrogens with one attached hydrogen (secondary N) is 1. The fraction of sp³-hybridized carbons (Fsp3) is 0.650. The maximum absolute atomic E-state index is 13.3. The fourth-order valence-corrected chi connectivity index (χ4v) is 5.18. The SMILES string of the molecule is CNC(=O)C1(C)CCN(S(=O)(=O)c2cc(C(C)(C)C)cc(C)c2C)CC1. The summed E-state index contributed by atoms with van der Waals surface area (Å²) in [7, 11) is -1.95. The lowest BCUT2D eigenvalue weighted by Crippen LogP contribution is -2.48. The van der Waals surface area contributed by atoms with Crippen molar-refractivity contribution in [2.45, 2.75) is 64.7 Å². The van der Waals surface area contributed by atoms with Crippen LogP contribution in [0.3, 0.4) is 0 Å². The van der Waals surface area contributed by atoms with Gasteiger partial charge < -0.3 is 5.32 Å². The van der Waals surface area contributed by atoms with Crippen LogP contribution >= 0.6 is 0 Å². The van der Waals surface area contributed by atoms with Gasteiger partial charge in [0.05, 0.1) is 4.90 Å². The fourth-order valence-electron chi connectivity index (χ4n) is 3.42. The van der Waals surface area contributed by atoms with Gasteiger partial charge in [0.1, 0.15) is 0 Å². The van der Waals surface area contributed by atoms with Gasteiger partial charge in [0.15, 0.2) is 0 Å². The highest BCUT2D eigenvalue weighted by Crippen LogP contribution is 2.35. The van der Waals surface area contributed by atoms with Crippen LogP contribution in [-0.2, 0) is 20.2 Å². The Bertz CT molecular complexity index is 799. The van der Waals surface area contributed by atoms with Crippen LogP contribution in [0.2, 0.25) is 0 Å². The van der Waals surface area contributed by atoms with E-state index in [2.05, 4.69) is 32.2 Å². The number of sulfonamides is 1. The Morgan fingerprint density at radius 1 is 1.15 bits per heavy atom. The molecule has 0 spiro atoms. The topological polar surface area (TPSA) is 66.5 Å². The zero-order valence-electron chi connectivity index (χ0n) is 17.1. The summed E-state index contributed by atoms with van der Waals surface area (Å²) in [5, 5.41) is 2.69. The first-order chi connectivity index (χ1) is 11.8. The molecule has 0 aliphatic carbocycles. The van der Waals surface area contributed by atoms with E-state index in [9.17, 15) is 13.2 Å². The van der Waals surface area contributed by atoms with Gasteiger partial charge in [-0.05, 0) is 54.9 Å². The number of piperidine rings is 1. The number of rotatable bonds is 3. The van der Waals surface area contributed by atoms with Gasteiger partial charge in [-0.2, -0.15) is 4.31 Å². The van der Waals surface area contributed by atoms with Crippen molar-refractivity contribution < 1.29 is 13.2 Å². The van der Waals surface area contributed by atoms with Crippen LogP contribution in [0, 0.1) is 19.3 Å². The first kappa shape index (κ1) is 20.9. The van der Waals surface area contributed by atoms with Gasteiger partial charge in [-0.1, -0.05) is 33.8 Å². The van der Waals surface area contributed by atoms with Crippen molar-refractivity contribution in [2.75, 3.05) is 20.1 Å². The van der Waals surface area contributed by atoms with Crippen molar-refractivity contribution >= 4 is 15.9 Å². The Balaban J connectivity index is 2.38. The van der Waals surface area contributed by atoms with Gasteiger partial charge in [0.25, 0.3) is 0 Å². The molecule has 146 valence electrons. The molecule has 5 nitrogen and oxygen atoms in total. The number of amides is 1. The zero-order chi connectivity index (χ0) is 19.9. The molecule has 1 N–H and O–H groups in total. The highest BCUT2D eigenvalue weighted by atomic mass is 32.2. The van der Waals surface area contributed by atoms with E-state index in [1.54, 1.807) is 7.05 Å². The van der Waals surface area contributed by atoms with Crippen molar-refractivity contribution in [3.8, 4) is 0 Å². The van der Waals surface area contributed by atoms with Gasteiger partial charge in [-0.3, -0.25) is 4.79 Å². The third-order valence-electron chi connectivity index (χ3n) is 5.70. The predicted octanol–water partition coefficient (Wildman–Crippen LogP) is 3.14. The molecule has 0 radical (unpaired) electrons. The lowest BCUT2D eigenvalue weighted by molar-refractivity contribution is -0.131. The molecule has 1 heterocycles. The Hall–Kier alpha value is -1.40. The van der Waals surface area contributed by atoms with E-state index in [1.165, 1.54) is 4.31 Å². The number of nitrogens with zero attached hydrogens (tertiary/aromatic N) is 1. The van der Waals surface area contributed by atoms with Crippen molar-refractivity contribution in [2.24, 2.45) is 5.41 Å². The zero-order valence-corrected chi connectivity index (χ0v) is 17.9. The largest absolute Gasteiger partial charge is 0.359 e. The van der Waals surface area contributed by atoms with Crippen molar-refractivity contribution in [1.82, 2.24) is 9.62 Å². The maximum atomic E-state index is 13.3. The average molecular weight is 381 g/mol. The second kappa shape index (κ2) is 6.97. The molecule has 1 fully saturated rings. The lowest BCUT2D eigenvalue weighted by Gasteiger charge is -2.37. The van der Waals surface area contributed by atoms with Crippen LogP contribution in [-0.4, -0.2) is 38.8 Å². The molecule has 6 heteroatoms. The van der Waals surface area contributed by atoms with Gasteiger partial charge in [0, 0.05) is 25.6 Å². The summed E-state index contributed by atoms with van der Waals surface area (Å²) in [5.41, 5.74) is 2.19. The van der Waals surface area contributed by atoms with Gasteiger partial charge in [0.2, 0.25) is 15.9 Å². The van der Waals surface area contributed by atoms with Crippen LogP contribution in [0.5, 0.6) is 0 Å². The Kier molecular flexibility index (Phi) is 5.60. The Labute approximate surface area is 158 Å². The number of benzene rings is 1. The van der Waals surface area contributed by atoms with E-state index in [1.807, 2.05) is 26.8 Å². The van der Waals surface area contributed by atoms with E-state index < -0.39 is 15.4 Å². The van der Waals surface area contributed by atoms with Crippen LogP contribution in [0.1, 0.15) is 57.2 Å². The van der Waals surface area contributed by atoms with Crippen molar-refractivity contribution in [1.29, 1.82) is 0 Å². The number of hydrogen-bond donors (Lipinski definition) is 1. The van der Waals surface area contributed by atoms with E-state index in [-0.39, 0.29) is 11.3 Å². The Morgan fingerprint density at radius 3 is 2.15 bits per heavy atom. The third kappa shape index (κ3) is 3.81. The van der Waals surface area contributed by atoms with E-state index >= 15 is 0 Å². The molecule has 0 bridgehead atoms. The van der Waals surface area contributed by atoms with E-state index in [0.717, 1.165) is 16.7 Å². The number of aryl methyl sites for hydroxylation is 1. The Morgan fingerprint density at radius 2 is 1.69 bits per heavy atom. The number of carbonyl (C=O) groups is 1. The summed E-state index contributed by atoms with van der Waals surface area (Å²) in [4.78, 5) is 12.5. The van der Waals surface area contributed by atoms with Crippen LogP contribution in [0.15, 0.2) is 17.0 Å². The smallest absolute Gasteiger partial charge is 0.243 e. The lowest BCUT2D eigenvalue weighted by atomic mass is 9.80. The average Bonchev–Trinajstić information content (AvgIpc) is 2.55. The number of hydrogen-bond acceptors (Lipinski definition) is 3. The summed E-state index contributed by atoms with van der Waals surface area (Å²) in [5.74, 6) is -0.0173. The van der Waals surface area contributed by atoms with Gasteiger partial charge in [-0.25, -0.2) is 8.42 Å². The summed E-state index contributed by atoms with van der Waals surface area (Å²) >= 11 is 0. The van der Waals surface area contributed by atoms with Crippen molar-refractivity contribution in [3.63, 3.8) is 0 Å². The summed E-state index contributed by atoms with van der Waals surface area (Å²) in [6.07, 6.45) is 1.06. The molecule has 0 atom stereocenters. The summed E-state index contributed by atoms with van der Waals surface area (Å²) in [6.45, 7) is 12.7. The van der Waals surface area contributed by atoms with Gasteiger partial charge >= 0.3 is 0 Å². The molecule has 1 aliphatic rings. The molecule has 1 aromatic carbocycles. The monoisotopic (exact) mass is 380 g/mol. The van der Waals surface area contributed by atoms with Crippen LogP contribution < -0.4 is 5.32 Å². The molecule has 1 aliphatic heterocycles. The van der Waals surface area contributed by atoms with E-state index in [0.29, 0.717) is 30.8 Å². The molecule has 1 aromatic rings. The molecule has 26 heavy (non-hydrogen) atoms. The molecule has 0 saturated carbocycles. The minimum absolute atomic E-state index is 0.0173. The predicted molar refractivity (Wildman–Crippen MR) is 105 cm³/mol. The molecular formula is C20H32N2O3S. The molecule has 0 unspecified atom stereocenters. The highest BCUT2D eigenvalue weighted by molar-refractivity contribution is 7.89. The number of carbonyl (C=O) groups excluding carboxylic acids is 1. The molecule has 0 aromatic heterocycles. The summed E-state index contributed by atoms with van der Waals surface area (Å²) in [6, 6.07) is 3.90. The van der Waals surface area contributed by atoms with Crippen LogP contribution in [0.25, 0.3) is 0 Å². The third-order valence-corrected chi connectivity index (χ3v) is 7.73. The molecular weight excluding hydrogens is 348 g/mol. The maximum Gasteiger partial charge on any atom is 0.243 e. The minimum atomic E-state index is -3.58. The standard InChI is InChI=1S/C20H32N2O3S/c1-14-12-16(19(3,4)5)13-17(15(14)2)26(24,25)22-10-8-20(6,9-11-22)18(23)21-7/h12-13H,8-11H2,1-7H3,(H,21,23). The summed E-state index contributed by atoms with van der Waals surface area (Å²) < 4.78 is 28.2. The molecule has 1 saturated heterocycles. The van der Waals surface area contributed by atoms with Crippen molar-refractivity contribution in [3.05, 3.63) is 28.8 Å². The second-order valence-electron chi connectivity index (χ2n) is 8.71. The minimum Gasteiger partial charge on any atom is -0.359 e. The van der Waals surface area contributed by atoms with Gasteiger partial charge in [-0.15, -0.1) is 0 Å². The second-order valence-corrected chi connectivity index (χ2v) is 10.6. The van der Waals surface area contributed by atoms with Crippen LogP contribution in [0.4, 0.5) is 0 Å². The molecule has 2 rings (SSSR count). The quantitative estimate of drug-likeness (QED) is 0.876.